The zero-order valence-electron chi connectivity index (χ0n) is 23.8. The smallest absolute Gasteiger partial charge is 0.0709 e. The summed E-state index contributed by atoms with van der Waals surface area (Å²) in [5.74, 6) is 0. The zero-order chi connectivity index (χ0) is 29.0. The van der Waals surface area contributed by atoms with Gasteiger partial charge in [0, 0.05) is 54.1 Å². The van der Waals surface area contributed by atoms with Crippen molar-refractivity contribution in [3.8, 4) is 38.5 Å². The van der Waals surface area contributed by atoms with E-state index in [0.717, 1.165) is 22.3 Å². The molecule has 206 valence electrons. The summed E-state index contributed by atoms with van der Waals surface area (Å²) in [6.45, 7) is 0. The van der Waals surface area contributed by atoms with Gasteiger partial charge in [-0.1, -0.05) is 121 Å². The Balaban J connectivity index is 1.32. The first-order valence-corrected chi connectivity index (χ1v) is 15.7. The Labute approximate surface area is 259 Å². The molecule has 3 aromatic heterocycles. The number of benzene rings is 6. The van der Waals surface area contributed by atoms with Gasteiger partial charge in [0.05, 0.1) is 16.7 Å². The van der Waals surface area contributed by atoms with E-state index in [-0.39, 0.29) is 0 Å². The van der Waals surface area contributed by atoms with Gasteiger partial charge in [0.25, 0.3) is 0 Å². The second-order valence-corrected chi connectivity index (χ2v) is 12.2. The summed E-state index contributed by atoms with van der Waals surface area (Å²) in [5.41, 5.74) is 9.43. The molecule has 0 atom stereocenters. The molecule has 9 aromatic rings. The van der Waals surface area contributed by atoms with Crippen molar-refractivity contribution >= 4 is 54.0 Å². The van der Waals surface area contributed by atoms with Crippen LogP contribution in [-0.2, 0) is 0 Å². The molecular formula is C41H26N2S. The van der Waals surface area contributed by atoms with Gasteiger partial charge in [-0.15, -0.1) is 11.3 Å². The highest BCUT2D eigenvalue weighted by molar-refractivity contribution is 7.24. The number of rotatable bonds is 4. The lowest BCUT2D eigenvalue weighted by Gasteiger charge is -2.11. The molecule has 0 saturated heterocycles. The van der Waals surface area contributed by atoms with E-state index in [1.54, 1.807) is 0 Å². The van der Waals surface area contributed by atoms with Crippen molar-refractivity contribution in [3.63, 3.8) is 0 Å². The SMILES string of the molecule is c1ccc(-c2sc3c(ccc4c3c3ccccc3n4-c3cccc(-c4cc5ccccc5cn4)c3)c2-c2ccccc2)cc1. The second kappa shape index (κ2) is 10.0. The maximum absolute atomic E-state index is 4.83. The summed E-state index contributed by atoms with van der Waals surface area (Å²) in [6, 6.07) is 54.4. The minimum Gasteiger partial charge on any atom is -0.309 e. The van der Waals surface area contributed by atoms with Gasteiger partial charge >= 0.3 is 0 Å². The van der Waals surface area contributed by atoms with Crippen LogP contribution in [0.25, 0.3) is 81.2 Å². The van der Waals surface area contributed by atoms with Crippen LogP contribution < -0.4 is 0 Å². The third-order valence-corrected chi connectivity index (χ3v) is 9.89. The molecule has 0 amide bonds. The number of thiophene rings is 1. The molecule has 3 heterocycles. The van der Waals surface area contributed by atoms with Crippen LogP contribution in [0.3, 0.4) is 0 Å². The van der Waals surface area contributed by atoms with Gasteiger partial charge in [0.1, 0.15) is 0 Å². The van der Waals surface area contributed by atoms with Gasteiger partial charge in [-0.05, 0) is 46.8 Å². The predicted octanol–water partition coefficient (Wildman–Crippen LogP) is 11.5. The Bertz CT molecular complexity index is 2490. The minimum atomic E-state index is 0.979. The molecule has 2 nitrogen and oxygen atoms in total. The number of nitrogens with zero attached hydrogens (tertiary/aromatic N) is 2. The zero-order valence-corrected chi connectivity index (χ0v) is 24.6. The number of hydrogen-bond acceptors (Lipinski definition) is 2. The Morgan fingerprint density at radius 1 is 0.500 bits per heavy atom. The van der Waals surface area contributed by atoms with E-state index < -0.39 is 0 Å². The highest BCUT2D eigenvalue weighted by Crippen LogP contribution is 2.49. The van der Waals surface area contributed by atoms with E-state index in [1.165, 1.54) is 58.8 Å². The molecular weight excluding hydrogens is 553 g/mol. The molecule has 0 fully saturated rings. The number of para-hydroxylation sites is 1. The first-order chi connectivity index (χ1) is 21.8. The van der Waals surface area contributed by atoms with Crippen molar-refractivity contribution in [1.29, 1.82) is 0 Å². The van der Waals surface area contributed by atoms with Crippen LogP contribution in [0.1, 0.15) is 0 Å². The third kappa shape index (κ3) is 3.90. The molecule has 0 aliphatic carbocycles. The maximum Gasteiger partial charge on any atom is 0.0709 e. The van der Waals surface area contributed by atoms with Crippen molar-refractivity contribution < 1.29 is 0 Å². The van der Waals surface area contributed by atoms with Crippen molar-refractivity contribution in [2.45, 2.75) is 0 Å². The summed E-state index contributed by atoms with van der Waals surface area (Å²) < 4.78 is 3.74. The molecule has 0 aliphatic rings. The summed E-state index contributed by atoms with van der Waals surface area (Å²) in [6.07, 6.45) is 1.97. The normalized spacial score (nSPS) is 11.6. The van der Waals surface area contributed by atoms with Crippen molar-refractivity contribution in [2.24, 2.45) is 0 Å². The van der Waals surface area contributed by atoms with Crippen LogP contribution in [0.5, 0.6) is 0 Å². The lowest BCUT2D eigenvalue weighted by Crippen LogP contribution is -1.94. The van der Waals surface area contributed by atoms with Crippen LogP contribution in [-0.4, -0.2) is 9.55 Å². The van der Waals surface area contributed by atoms with Crippen LogP contribution in [0, 0.1) is 0 Å². The summed E-state index contributed by atoms with van der Waals surface area (Å²) >= 11 is 1.90. The summed E-state index contributed by atoms with van der Waals surface area (Å²) in [7, 11) is 0. The van der Waals surface area contributed by atoms with Crippen molar-refractivity contribution in [1.82, 2.24) is 9.55 Å². The largest absolute Gasteiger partial charge is 0.309 e. The first-order valence-electron chi connectivity index (χ1n) is 14.9. The molecule has 6 aromatic carbocycles. The van der Waals surface area contributed by atoms with Gasteiger partial charge in [0.15, 0.2) is 0 Å². The Kier molecular flexibility index (Phi) is 5.71. The summed E-state index contributed by atoms with van der Waals surface area (Å²) in [4.78, 5) is 6.13. The average Bonchev–Trinajstić information content (AvgIpc) is 3.65. The molecule has 0 unspecified atom stereocenters. The van der Waals surface area contributed by atoms with Gasteiger partial charge in [-0.2, -0.15) is 0 Å². The Morgan fingerprint density at radius 3 is 2.05 bits per heavy atom. The molecule has 44 heavy (non-hydrogen) atoms. The molecule has 0 spiro atoms. The van der Waals surface area contributed by atoms with Gasteiger partial charge in [-0.25, -0.2) is 0 Å². The van der Waals surface area contributed by atoms with E-state index in [1.807, 2.05) is 17.5 Å². The Morgan fingerprint density at radius 2 is 1.20 bits per heavy atom. The third-order valence-electron chi connectivity index (χ3n) is 8.62. The fourth-order valence-electron chi connectivity index (χ4n) is 6.62. The number of fused-ring (bicyclic) bond motifs is 6. The quantitative estimate of drug-likeness (QED) is 0.203. The standard InChI is InChI=1S/C41H26N2S/c1-3-12-27(13-4-1)38-34-22-23-37-39(41(34)44-40(38)28-14-5-2-6-15-28)33-20-9-10-21-36(33)43(37)32-19-11-18-30(24-32)35-25-29-16-7-8-17-31(29)26-42-35/h1-26H. The van der Waals surface area contributed by atoms with E-state index in [0.29, 0.717) is 0 Å². The molecule has 0 bridgehead atoms. The molecule has 3 heteroatoms. The maximum atomic E-state index is 4.83. The van der Waals surface area contributed by atoms with E-state index in [4.69, 9.17) is 4.98 Å². The molecule has 9 rings (SSSR count). The second-order valence-electron chi connectivity index (χ2n) is 11.2. The van der Waals surface area contributed by atoms with E-state index >= 15 is 0 Å². The van der Waals surface area contributed by atoms with Crippen LogP contribution in [0.15, 0.2) is 158 Å². The van der Waals surface area contributed by atoms with E-state index in [2.05, 4.69) is 156 Å². The summed E-state index contributed by atoms with van der Waals surface area (Å²) in [5, 5.41) is 6.21. The van der Waals surface area contributed by atoms with Gasteiger partial charge in [-0.3, -0.25) is 4.98 Å². The van der Waals surface area contributed by atoms with Gasteiger partial charge < -0.3 is 4.57 Å². The average molecular weight is 579 g/mol. The van der Waals surface area contributed by atoms with Crippen LogP contribution in [0.2, 0.25) is 0 Å². The fraction of sp³-hybridized carbons (Fsp3) is 0. The highest BCUT2D eigenvalue weighted by Gasteiger charge is 2.21. The highest BCUT2D eigenvalue weighted by atomic mass is 32.1. The number of aromatic nitrogens is 2. The molecule has 0 N–H and O–H groups in total. The molecule has 0 saturated carbocycles. The minimum absolute atomic E-state index is 0.979. The van der Waals surface area contributed by atoms with Crippen LogP contribution >= 0.6 is 11.3 Å². The lowest BCUT2D eigenvalue weighted by atomic mass is 9.98. The molecule has 0 radical (unpaired) electrons. The predicted molar refractivity (Wildman–Crippen MR) is 188 cm³/mol. The molecule has 0 aliphatic heterocycles. The Hall–Kier alpha value is -5.51. The monoisotopic (exact) mass is 578 g/mol. The number of hydrogen-bond donors (Lipinski definition) is 0. The topological polar surface area (TPSA) is 17.8 Å². The van der Waals surface area contributed by atoms with Crippen LogP contribution in [0.4, 0.5) is 0 Å². The fourth-order valence-corrected chi connectivity index (χ4v) is 8.00. The number of pyridine rings is 1. The first kappa shape index (κ1) is 25.0. The van der Waals surface area contributed by atoms with Crippen molar-refractivity contribution in [2.75, 3.05) is 0 Å². The van der Waals surface area contributed by atoms with Gasteiger partial charge in [0.2, 0.25) is 0 Å². The van der Waals surface area contributed by atoms with E-state index in [9.17, 15) is 0 Å². The van der Waals surface area contributed by atoms with Crippen molar-refractivity contribution in [3.05, 3.63) is 158 Å². The lowest BCUT2D eigenvalue weighted by molar-refractivity contribution is 1.18.